The Labute approximate surface area is 505 Å². The zero-order chi connectivity index (χ0) is 58.9. The lowest BCUT2D eigenvalue weighted by Crippen LogP contribution is -2.30. The van der Waals surface area contributed by atoms with Gasteiger partial charge in [0.05, 0.1) is 10.8 Å². The fourth-order valence-electron chi connectivity index (χ4n) is 14.3. The van der Waals surface area contributed by atoms with Crippen molar-refractivity contribution in [3.05, 3.63) is 315 Å². The maximum Gasteiger partial charge on any atom is 0.194 e. The third-order valence-corrected chi connectivity index (χ3v) is 20.2. The summed E-state index contributed by atoms with van der Waals surface area (Å²) >= 11 is 3.16. The van der Waals surface area contributed by atoms with Gasteiger partial charge in [0, 0.05) is 63.3 Å². The van der Waals surface area contributed by atoms with E-state index in [1.54, 1.807) is 46.9 Å². The van der Waals surface area contributed by atoms with Gasteiger partial charge in [-0.25, -0.2) is 0 Å². The van der Waals surface area contributed by atoms with Crippen LogP contribution in [0.2, 0.25) is 0 Å². The average Bonchev–Trinajstić information content (AvgIpc) is 1.50. The lowest BCUT2D eigenvalue weighted by Gasteiger charge is -2.35. The van der Waals surface area contributed by atoms with Crippen LogP contribution in [0.25, 0.3) is 65.7 Å². The predicted molar refractivity (Wildman–Crippen MR) is 345 cm³/mol. The second kappa shape index (κ2) is 19.4. The first kappa shape index (κ1) is 52.0. The van der Waals surface area contributed by atoms with Crippen LogP contribution in [0, 0.1) is 73.0 Å². The number of rotatable bonds is 6. The molecular formula is C78H46N4O2S2. The highest BCUT2D eigenvalue weighted by Crippen LogP contribution is 2.65. The van der Waals surface area contributed by atoms with Crippen LogP contribution >= 0.6 is 22.7 Å². The number of ketones is 2. The van der Waals surface area contributed by atoms with Gasteiger partial charge < -0.3 is 0 Å². The maximum absolute atomic E-state index is 14.4. The zero-order valence-corrected chi connectivity index (χ0v) is 48.7. The standard InChI is InChI=1S/C78H46N4O2S2/c1-43-13-21-49(22-14-43)77(50-23-15-44(2)16-24-50)65-29-31-69-61(33-53(85-69)35-63-71(47(39-79)40-80)55-9-5-7-11-57(55)75(63)83)73(65)59-38-68-60(37-67(59)77)74-62-34-54(36-64-72(48(41-81)42-82)56-10-6-8-12-58(56)76(64)84)86-70(62)32-30-66(74)78(68,51-25-17-45(3)18-26-51)52-27-19-46(4)20-28-52/h5-38H,1-4H3/b63-35-,64-36-. The monoisotopic (exact) mass is 1130 g/mol. The summed E-state index contributed by atoms with van der Waals surface area (Å²) in [6, 6.07) is 76.9. The van der Waals surface area contributed by atoms with E-state index in [1.807, 2.05) is 36.4 Å². The number of nitrogens with zero attached hydrogens (tertiary/aromatic N) is 4. The average molecular weight is 1140 g/mol. The van der Waals surface area contributed by atoms with Crippen LogP contribution in [0.15, 0.2) is 216 Å². The molecule has 11 aromatic rings. The third kappa shape index (κ3) is 7.25. The minimum absolute atomic E-state index is 0.106. The van der Waals surface area contributed by atoms with E-state index >= 15 is 0 Å². The van der Waals surface area contributed by atoms with Crippen molar-refractivity contribution in [2.45, 2.75) is 38.5 Å². The highest BCUT2D eigenvalue weighted by atomic mass is 32.1. The van der Waals surface area contributed by atoms with Crippen LogP contribution in [-0.4, -0.2) is 11.6 Å². The minimum Gasteiger partial charge on any atom is -0.289 e. The highest BCUT2D eigenvalue weighted by molar-refractivity contribution is 7.20. The summed E-state index contributed by atoms with van der Waals surface area (Å²) in [4.78, 5) is 30.5. The number of carbonyl (C=O) groups is 2. The number of Topliss-reactive ketones (excluding diaryl/α,β-unsaturated/α-hetero) is 2. The molecule has 86 heavy (non-hydrogen) atoms. The molecule has 0 spiro atoms. The predicted octanol–water partition coefficient (Wildman–Crippen LogP) is 18.2. The fourth-order valence-corrected chi connectivity index (χ4v) is 16.3. The number of fused-ring (bicyclic) bond motifs is 12. The Balaban J connectivity index is 1.06. The lowest BCUT2D eigenvalue weighted by molar-refractivity contribution is 0.103. The van der Waals surface area contributed by atoms with Crippen molar-refractivity contribution in [2.75, 3.05) is 0 Å². The molecule has 6 nitrogen and oxygen atoms in total. The second-order valence-electron chi connectivity index (χ2n) is 22.8. The van der Waals surface area contributed by atoms with Crippen LogP contribution in [0.4, 0.5) is 0 Å². The van der Waals surface area contributed by atoms with E-state index in [-0.39, 0.29) is 22.7 Å². The summed E-state index contributed by atoms with van der Waals surface area (Å²) in [5, 5.41) is 43.2. The second-order valence-corrected chi connectivity index (χ2v) is 25.0. The largest absolute Gasteiger partial charge is 0.289 e. The Bertz CT molecular complexity index is 4750. The van der Waals surface area contributed by atoms with Crippen molar-refractivity contribution in [1.29, 1.82) is 21.0 Å². The van der Waals surface area contributed by atoms with Gasteiger partial charge in [-0.05, 0) is 154 Å². The van der Waals surface area contributed by atoms with Gasteiger partial charge in [0.15, 0.2) is 11.6 Å². The molecule has 15 rings (SSSR count). The molecule has 0 saturated carbocycles. The van der Waals surface area contributed by atoms with Gasteiger partial charge in [0.1, 0.15) is 35.4 Å². The molecule has 0 atom stereocenters. The molecule has 0 unspecified atom stereocenters. The topological polar surface area (TPSA) is 129 Å². The number of carbonyl (C=O) groups excluding carboxylic acids is 2. The van der Waals surface area contributed by atoms with E-state index in [0.29, 0.717) is 44.5 Å². The van der Waals surface area contributed by atoms with E-state index in [0.717, 1.165) is 119 Å². The molecular weight excluding hydrogens is 1090 g/mol. The number of allylic oxidation sites excluding steroid dienone is 6. The number of hydrogen-bond donors (Lipinski definition) is 0. The summed E-state index contributed by atoms with van der Waals surface area (Å²) in [5.74, 6) is -0.448. The number of benzene rings is 9. The molecule has 0 radical (unpaired) electrons. The number of thiophene rings is 2. The Morgan fingerprint density at radius 3 is 1.00 bits per heavy atom. The van der Waals surface area contributed by atoms with Crippen LogP contribution in [0.5, 0.6) is 0 Å². The van der Waals surface area contributed by atoms with E-state index in [4.69, 9.17) is 0 Å². The van der Waals surface area contributed by atoms with Crippen molar-refractivity contribution in [2.24, 2.45) is 0 Å². The van der Waals surface area contributed by atoms with Crippen LogP contribution in [-0.2, 0) is 10.8 Å². The number of nitriles is 4. The molecule has 0 fully saturated rings. The van der Waals surface area contributed by atoms with Crippen molar-refractivity contribution in [1.82, 2.24) is 0 Å². The van der Waals surface area contributed by atoms with E-state index < -0.39 is 10.8 Å². The van der Waals surface area contributed by atoms with Crippen molar-refractivity contribution < 1.29 is 9.59 Å². The quantitative estimate of drug-likeness (QED) is 0.120. The van der Waals surface area contributed by atoms with Crippen LogP contribution < -0.4 is 0 Å². The van der Waals surface area contributed by atoms with Gasteiger partial charge in [-0.1, -0.05) is 180 Å². The van der Waals surface area contributed by atoms with Gasteiger partial charge >= 0.3 is 0 Å². The maximum atomic E-state index is 14.4. The molecule has 0 saturated heterocycles. The SMILES string of the molecule is Cc1ccc(C2(c3ccc(C)cc3)c3cc4c(cc3-c3c2ccc2sc(/C=C5\C(=O)c6ccccc6C5=C(C#N)C#N)cc32)C(c2ccc(C)cc2)(c2ccc(C)cc2)c2ccc3sc(/C=C5\C(=O)c6ccccc6C5=C(C#N)C#N)cc3c2-4)cc1. The van der Waals surface area contributed by atoms with Crippen molar-refractivity contribution >= 4 is 77.7 Å². The number of hydrogen-bond acceptors (Lipinski definition) is 8. The summed E-state index contributed by atoms with van der Waals surface area (Å²) in [7, 11) is 0. The first-order valence-corrected chi connectivity index (χ1v) is 30.0. The summed E-state index contributed by atoms with van der Waals surface area (Å²) in [6.07, 6.45) is 3.73. The molecule has 2 aromatic heterocycles. The van der Waals surface area contributed by atoms with E-state index in [1.165, 1.54) is 0 Å². The summed E-state index contributed by atoms with van der Waals surface area (Å²) in [5.41, 5.74) is 19.3. The first-order chi connectivity index (χ1) is 41.9. The molecule has 402 valence electrons. The van der Waals surface area contributed by atoms with Crippen molar-refractivity contribution in [3.63, 3.8) is 0 Å². The van der Waals surface area contributed by atoms with E-state index in [2.05, 4.69) is 198 Å². The Morgan fingerprint density at radius 2 is 0.686 bits per heavy atom. The molecule has 8 heteroatoms. The number of aryl methyl sites for hydroxylation is 4. The molecule has 0 aliphatic heterocycles. The van der Waals surface area contributed by atoms with Crippen LogP contribution in [0.1, 0.15) is 108 Å². The van der Waals surface area contributed by atoms with Gasteiger partial charge in [-0.2, -0.15) is 21.0 Å². The summed E-state index contributed by atoms with van der Waals surface area (Å²) in [6.45, 7) is 8.48. The minimum atomic E-state index is -0.847. The zero-order valence-electron chi connectivity index (χ0n) is 47.1. The lowest BCUT2D eigenvalue weighted by atomic mass is 9.65. The molecule has 9 aromatic carbocycles. The van der Waals surface area contributed by atoms with Crippen LogP contribution in [0.3, 0.4) is 0 Å². The highest BCUT2D eigenvalue weighted by Gasteiger charge is 2.52. The van der Waals surface area contributed by atoms with Gasteiger partial charge in [0.2, 0.25) is 0 Å². The van der Waals surface area contributed by atoms with E-state index in [9.17, 15) is 30.6 Å². The van der Waals surface area contributed by atoms with Gasteiger partial charge in [-0.15, -0.1) is 22.7 Å². The Morgan fingerprint density at radius 1 is 0.372 bits per heavy atom. The molecule has 4 aliphatic rings. The first-order valence-electron chi connectivity index (χ1n) is 28.3. The molecule has 0 N–H and O–H groups in total. The Kier molecular flexibility index (Phi) is 11.7. The Hall–Kier alpha value is -10.8. The van der Waals surface area contributed by atoms with Gasteiger partial charge in [-0.3, -0.25) is 9.59 Å². The van der Waals surface area contributed by atoms with Gasteiger partial charge in [0.25, 0.3) is 0 Å². The normalized spacial score (nSPS) is 15.4. The van der Waals surface area contributed by atoms with Crippen molar-refractivity contribution in [3.8, 4) is 46.5 Å². The molecule has 4 aliphatic carbocycles. The molecule has 2 heterocycles. The molecule has 0 amide bonds. The summed E-state index contributed by atoms with van der Waals surface area (Å²) < 4.78 is 2.04. The molecule has 0 bridgehead atoms. The fraction of sp³-hybridized carbons (Fsp3) is 0.0769. The smallest absolute Gasteiger partial charge is 0.194 e. The third-order valence-electron chi connectivity index (χ3n) is 18.1.